The Balaban J connectivity index is 2.01. The molecule has 2 aromatic rings. The van der Waals surface area contributed by atoms with Crippen LogP contribution in [0.4, 0.5) is 4.39 Å². The molecule has 3 N–H and O–H groups in total. The van der Waals surface area contributed by atoms with Crippen molar-refractivity contribution in [2.75, 3.05) is 13.1 Å². The molecule has 1 aliphatic rings. The Bertz CT molecular complexity index is 720. The first-order valence-corrected chi connectivity index (χ1v) is 6.47. The Labute approximate surface area is 114 Å². The van der Waals surface area contributed by atoms with Crippen LogP contribution in [0.3, 0.4) is 0 Å². The lowest BCUT2D eigenvalue weighted by atomic mass is 10.1. The van der Waals surface area contributed by atoms with Crippen LogP contribution in [-0.4, -0.2) is 30.0 Å². The largest absolute Gasteiger partial charge is 0.348 e. The van der Waals surface area contributed by atoms with E-state index in [9.17, 15) is 14.0 Å². The molecule has 0 bridgehead atoms. The first-order valence-electron chi connectivity index (χ1n) is 6.47. The van der Waals surface area contributed by atoms with Gasteiger partial charge in [0.2, 0.25) is 5.56 Å². The van der Waals surface area contributed by atoms with E-state index in [2.05, 4.69) is 15.6 Å². The summed E-state index contributed by atoms with van der Waals surface area (Å²) >= 11 is 0. The fourth-order valence-electron chi connectivity index (χ4n) is 2.46. The molecule has 1 unspecified atom stereocenters. The average Bonchev–Trinajstić information content (AvgIpc) is 2.90. The highest BCUT2D eigenvalue weighted by Gasteiger charge is 2.19. The molecule has 1 saturated heterocycles. The topological polar surface area (TPSA) is 74.0 Å². The van der Waals surface area contributed by atoms with Gasteiger partial charge in [0.1, 0.15) is 5.82 Å². The van der Waals surface area contributed by atoms with E-state index >= 15 is 0 Å². The van der Waals surface area contributed by atoms with Crippen molar-refractivity contribution < 1.29 is 9.18 Å². The summed E-state index contributed by atoms with van der Waals surface area (Å²) in [7, 11) is 0. The van der Waals surface area contributed by atoms with E-state index in [-0.39, 0.29) is 17.5 Å². The number of benzene rings is 1. The zero-order chi connectivity index (χ0) is 14.1. The second-order valence-corrected chi connectivity index (χ2v) is 4.90. The van der Waals surface area contributed by atoms with Crippen LogP contribution in [0.2, 0.25) is 0 Å². The Morgan fingerprint density at radius 2 is 2.20 bits per heavy atom. The van der Waals surface area contributed by atoms with E-state index in [0.29, 0.717) is 10.9 Å². The molecule has 0 aliphatic carbocycles. The van der Waals surface area contributed by atoms with Crippen LogP contribution >= 0.6 is 0 Å². The molecule has 20 heavy (non-hydrogen) atoms. The molecule has 1 amide bonds. The van der Waals surface area contributed by atoms with E-state index in [0.717, 1.165) is 19.5 Å². The highest BCUT2D eigenvalue weighted by molar-refractivity contribution is 6.06. The minimum absolute atomic E-state index is 0.0669. The SMILES string of the molecule is O=C(NC1CCNC1)c1cc(=O)[nH]c2cc(F)ccc12. The molecule has 104 valence electrons. The lowest BCUT2D eigenvalue weighted by Gasteiger charge is -2.12. The van der Waals surface area contributed by atoms with Crippen LogP contribution in [0.5, 0.6) is 0 Å². The molecule has 5 nitrogen and oxygen atoms in total. The zero-order valence-corrected chi connectivity index (χ0v) is 10.7. The first-order chi connectivity index (χ1) is 9.63. The quantitative estimate of drug-likeness (QED) is 0.757. The lowest BCUT2D eigenvalue weighted by molar-refractivity contribution is 0.0941. The normalized spacial score (nSPS) is 18.4. The Morgan fingerprint density at radius 3 is 2.95 bits per heavy atom. The van der Waals surface area contributed by atoms with Crippen molar-refractivity contribution >= 4 is 16.8 Å². The molecule has 1 aromatic carbocycles. The molecule has 3 rings (SSSR count). The van der Waals surface area contributed by atoms with Crippen molar-refractivity contribution in [2.45, 2.75) is 12.5 Å². The molecule has 1 aromatic heterocycles. The van der Waals surface area contributed by atoms with Crippen LogP contribution < -0.4 is 16.2 Å². The smallest absolute Gasteiger partial charge is 0.252 e. The van der Waals surface area contributed by atoms with Gasteiger partial charge < -0.3 is 15.6 Å². The van der Waals surface area contributed by atoms with Crippen LogP contribution in [0.25, 0.3) is 10.9 Å². The number of nitrogens with one attached hydrogen (secondary N) is 3. The van der Waals surface area contributed by atoms with Crippen LogP contribution in [0.1, 0.15) is 16.8 Å². The minimum atomic E-state index is -0.453. The molecule has 1 aliphatic heterocycles. The van der Waals surface area contributed by atoms with Gasteiger partial charge in [0.15, 0.2) is 0 Å². The highest BCUT2D eigenvalue weighted by atomic mass is 19.1. The third-order valence-corrected chi connectivity index (χ3v) is 3.45. The molecule has 0 radical (unpaired) electrons. The second-order valence-electron chi connectivity index (χ2n) is 4.90. The Kier molecular flexibility index (Phi) is 3.23. The summed E-state index contributed by atoms with van der Waals surface area (Å²) in [6, 6.07) is 5.30. The van der Waals surface area contributed by atoms with Crippen molar-refractivity contribution in [1.82, 2.24) is 15.6 Å². The standard InChI is InChI=1S/C14H14FN3O2/c15-8-1-2-10-11(6-13(19)18-12(10)5-8)14(20)17-9-3-4-16-7-9/h1-2,5-6,9,16H,3-4,7H2,(H,17,20)(H,18,19). The number of carbonyl (C=O) groups excluding carboxylic acids is 1. The number of pyridine rings is 1. The van der Waals surface area contributed by atoms with Crippen LogP contribution in [0.15, 0.2) is 29.1 Å². The van der Waals surface area contributed by atoms with Gasteiger partial charge in [-0.15, -0.1) is 0 Å². The summed E-state index contributed by atoms with van der Waals surface area (Å²) in [4.78, 5) is 26.4. The molecule has 0 saturated carbocycles. The van der Waals surface area contributed by atoms with Gasteiger partial charge in [0.05, 0.1) is 11.1 Å². The number of aromatic amines is 1. The minimum Gasteiger partial charge on any atom is -0.348 e. The average molecular weight is 275 g/mol. The van der Waals surface area contributed by atoms with Crippen molar-refractivity contribution in [3.8, 4) is 0 Å². The van der Waals surface area contributed by atoms with Gasteiger partial charge in [-0.3, -0.25) is 9.59 Å². The van der Waals surface area contributed by atoms with E-state index in [1.807, 2.05) is 0 Å². The summed E-state index contributed by atoms with van der Waals surface area (Å²) < 4.78 is 13.2. The maximum absolute atomic E-state index is 13.2. The van der Waals surface area contributed by atoms with Crippen molar-refractivity contribution in [3.63, 3.8) is 0 Å². The van der Waals surface area contributed by atoms with Gasteiger partial charge in [-0.2, -0.15) is 0 Å². The fourth-order valence-corrected chi connectivity index (χ4v) is 2.46. The van der Waals surface area contributed by atoms with Crippen molar-refractivity contribution in [1.29, 1.82) is 0 Å². The first kappa shape index (κ1) is 12.8. The number of H-pyrrole nitrogens is 1. The van der Waals surface area contributed by atoms with Gasteiger partial charge in [-0.05, 0) is 31.2 Å². The maximum atomic E-state index is 13.2. The Hall–Kier alpha value is -2.21. The van der Waals surface area contributed by atoms with Crippen molar-refractivity contribution in [3.05, 3.63) is 46.0 Å². The van der Waals surface area contributed by atoms with E-state index in [1.54, 1.807) is 0 Å². The van der Waals surface area contributed by atoms with E-state index in [4.69, 9.17) is 0 Å². The van der Waals surface area contributed by atoms with E-state index < -0.39 is 11.4 Å². The van der Waals surface area contributed by atoms with Gasteiger partial charge in [-0.1, -0.05) is 0 Å². The van der Waals surface area contributed by atoms with Gasteiger partial charge in [-0.25, -0.2) is 4.39 Å². The van der Waals surface area contributed by atoms with Crippen LogP contribution in [0, 0.1) is 5.82 Å². The number of amides is 1. The highest BCUT2D eigenvalue weighted by Crippen LogP contribution is 2.16. The fraction of sp³-hybridized carbons (Fsp3) is 0.286. The van der Waals surface area contributed by atoms with Gasteiger partial charge >= 0.3 is 0 Å². The number of rotatable bonds is 2. The summed E-state index contributed by atoms with van der Waals surface area (Å²) in [6.07, 6.45) is 0.863. The molecule has 1 fully saturated rings. The maximum Gasteiger partial charge on any atom is 0.252 e. The van der Waals surface area contributed by atoms with Crippen molar-refractivity contribution in [2.24, 2.45) is 0 Å². The second kappa shape index (κ2) is 5.05. The summed E-state index contributed by atoms with van der Waals surface area (Å²) in [5.41, 5.74) is 0.181. The number of aromatic nitrogens is 1. The van der Waals surface area contributed by atoms with Gasteiger partial charge in [0, 0.05) is 24.0 Å². The molecular weight excluding hydrogens is 261 g/mol. The van der Waals surface area contributed by atoms with Gasteiger partial charge in [0.25, 0.3) is 5.91 Å². The lowest BCUT2D eigenvalue weighted by Crippen LogP contribution is -2.36. The zero-order valence-electron chi connectivity index (χ0n) is 10.7. The number of fused-ring (bicyclic) bond motifs is 1. The van der Waals surface area contributed by atoms with E-state index in [1.165, 1.54) is 24.3 Å². The number of carbonyl (C=O) groups is 1. The molecule has 6 heteroatoms. The number of halogens is 1. The Morgan fingerprint density at radius 1 is 1.35 bits per heavy atom. The predicted molar refractivity (Wildman–Crippen MR) is 73.3 cm³/mol. The number of hydrogen-bond donors (Lipinski definition) is 3. The molecule has 0 spiro atoms. The monoisotopic (exact) mass is 275 g/mol. The third-order valence-electron chi connectivity index (χ3n) is 3.45. The summed E-state index contributed by atoms with van der Waals surface area (Å²) in [5, 5.41) is 6.57. The molecule has 2 heterocycles. The molecule has 1 atom stereocenters. The third kappa shape index (κ3) is 2.42. The molecular formula is C14H14FN3O2. The summed E-state index contributed by atoms with van der Waals surface area (Å²) in [5.74, 6) is -0.757. The summed E-state index contributed by atoms with van der Waals surface area (Å²) in [6.45, 7) is 1.59. The predicted octanol–water partition coefficient (Wildman–Crippen LogP) is 0.759. The van der Waals surface area contributed by atoms with Crippen LogP contribution in [-0.2, 0) is 0 Å². The number of hydrogen-bond acceptors (Lipinski definition) is 3.